The Balaban J connectivity index is 2.74. The SMILES string of the molecule is CCCC(C)(C)CC=[N+](C)CC(C)CC(C)(C)C(=O)Nc1ccc(O)c(C(=O)OC)c1. The summed E-state index contributed by atoms with van der Waals surface area (Å²) in [7, 11) is 3.34. The maximum Gasteiger partial charge on any atom is 0.341 e. The molecule has 1 rings (SSSR count). The molecule has 1 aromatic carbocycles. The van der Waals surface area contributed by atoms with Crippen LogP contribution in [0.3, 0.4) is 0 Å². The zero-order valence-corrected chi connectivity index (χ0v) is 20.5. The predicted molar refractivity (Wildman–Crippen MR) is 126 cm³/mol. The number of anilines is 1. The molecule has 31 heavy (non-hydrogen) atoms. The minimum atomic E-state index is -0.650. The van der Waals surface area contributed by atoms with Crippen LogP contribution in [0.1, 0.15) is 77.6 Å². The van der Waals surface area contributed by atoms with Gasteiger partial charge < -0.3 is 15.2 Å². The van der Waals surface area contributed by atoms with Gasteiger partial charge in [-0.2, -0.15) is 0 Å². The minimum Gasteiger partial charge on any atom is -0.507 e. The van der Waals surface area contributed by atoms with Crippen LogP contribution in [0.4, 0.5) is 5.69 Å². The van der Waals surface area contributed by atoms with Crippen LogP contribution in [-0.2, 0) is 9.53 Å². The van der Waals surface area contributed by atoms with Crippen LogP contribution in [0.5, 0.6) is 5.75 Å². The van der Waals surface area contributed by atoms with E-state index in [0.29, 0.717) is 17.0 Å². The Labute approximate surface area is 187 Å². The monoisotopic (exact) mass is 433 g/mol. The molecule has 1 amide bonds. The number of carbonyl (C=O) groups is 2. The van der Waals surface area contributed by atoms with Gasteiger partial charge in [-0.05, 0) is 36.5 Å². The highest BCUT2D eigenvalue weighted by Gasteiger charge is 2.31. The summed E-state index contributed by atoms with van der Waals surface area (Å²) in [4.78, 5) is 24.7. The fourth-order valence-corrected chi connectivity index (χ4v) is 3.96. The molecule has 1 aromatic rings. The first-order valence-electron chi connectivity index (χ1n) is 11.1. The lowest BCUT2D eigenvalue weighted by molar-refractivity contribution is -0.501. The Hall–Kier alpha value is -2.37. The van der Waals surface area contributed by atoms with Crippen molar-refractivity contribution in [3.8, 4) is 5.75 Å². The molecule has 2 N–H and O–H groups in total. The first-order valence-corrected chi connectivity index (χ1v) is 11.1. The molecule has 0 radical (unpaired) electrons. The Kier molecular flexibility index (Phi) is 9.72. The molecule has 1 unspecified atom stereocenters. The van der Waals surface area contributed by atoms with Gasteiger partial charge in [0.05, 0.1) is 7.11 Å². The third-order valence-corrected chi connectivity index (χ3v) is 5.62. The van der Waals surface area contributed by atoms with Crippen LogP contribution in [0.15, 0.2) is 18.2 Å². The molecule has 0 saturated carbocycles. The zero-order chi connectivity index (χ0) is 23.8. The van der Waals surface area contributed by atoms with Crippen molar-refractivity contribution in [2.45, 2.75) is 67.2 Å². The van der Waals surface area contributed by atoms with E-state index >= 15 is 0 Å². The van der Waals surface area contributed by atoms with Gasteiger partial charge in [0, 0.05) is 23.4 Å². The molecule has 6 nitrogen and oxygen atoms in total. The van der Waals surface area contributed by atoms with Gasteiger partial charge in [-0.15, -0.1) is 0 Å². The van der Waals surface area contributed by atoms with Gasteiger partial charge in [0.25, 0.3) is 0 Å². The number of carbonyl (C=O) groups excluding carboxylic acids is 2. The third kappa shape index (κ3) is 8.72. The fourth-order valence-electron chi connectivity index (χ4n) is 3.96. The molecule has 0 saturated heterocycles. The largest absolute Gasteiger partial charge is 0.507 e. The van der Waals surface area contributed by atoms with Crippen molar-refractivity contribution >= 4 is 23.8 Å². The highest BCUT2D eigenvalue weighted by molar-refractivity contribution is 5.98. The molecule has 0 spiro atoms. The standard InChI is InChI=1S/C25H40N2O4/c1-9-12-24(3,4)13-14-27(7)17-18(2)16-25(5,6)23(30)26-19-10-11-21(28)20(15-19)22(29)31-8/h10-11,14-15,18H,9,12-13,16-17H2,1-8H3,(H-,26,28,29,30)/p+1. The smallest absolute Gasteiger partial charge is 0.341 e. The Morgan fingerprint density at radius 2 is 1.90 bits per heavy atom. The number of amides is 1. The van der Waals surface area contributed by atoms with Crippen LogP contribution in [0.2, 0.25) is 0 Å². The molecular weight excluding hydrogens is 392 g/mol. The van der Waals surface area contributed by atoms with Crippen molar-refractivity contribution in [1.29, 1.82) is 0 Å². The summed E-state index contributed by atoms with van der Waals surface area (Å²) >= 11 is 0. The quantitative estimate of drug-likeness (QED) is 0.220. The maximum absolute atomic E-state index is 12.9. The van der Waals surface area contributed by atoms with Crippen molar-refractivity contribution in [3.63, 3.8) is 0 Å². The lowest BCUT2D eigenvalue weighted by Gasteiger charge is -2.26. The third-order valence-electron chi connectivity index (χ3n) is 5.62. The van der Waals surface area contributed by atoms with E-state index < -0.39 is 11.4 Å². The number of rotatable bonds is 11. The predicted octanol–water partition coefficient (Wildman–Crippen LogP) is 5.10. The molecule has 6 heteroatoms. The van der Waals surface area contributed by atoms with Gasteiger partial charge in [0.1, 0.15) is 31.1 Å². The molecule has 0 fully saturated rings. The molecule has 0 aliphatic carbocycles. The number of nitrogens with one attached hydrogen (secondary N) is 1. The molecule has 0 aliphatic rings. The summed E-state index contributed by atoms with van der Waals surface area (Å²) in [5.41, 5.74) is 0.186. The summed E-state index contributed by atoms with van der Waals surface area (Å²) < 4.78 is 6.90. The lowest BCUT2D eigenvalue weighted by atomic mass is 9.82. The van der Waals surface area contributed by atoms with Gasteiger partial charge in [-0.3, -0.25) is 4.79 Å². The fraction of sp³-hybridized carbons (Fsp3) is 0.640. The summed E-state index contributed by atoms with van der Waals surface area (Å²) in [6.07, 6.45) is 6.42. The number of hydrogen-bond donors (Lipinski definition) is 2. The molecule has 0 aliphatic heterocycles. The second-order valence-corrected chi connectivity index (χ2v) is 10.1. The van der Waals surface area contributed by atoms with Crippen molar-refractivity contribution in [2.24, 2.45) is 16.7 Å². The average molecular weight is 434 g/mol. The van der Waals surface area contributed by atoms with Crippen molar-refractivity contribution in [3.05, 3.63) is 23.8 Å². The Morgan fingerprint density at radius 1 is 1.26 bits per heavy atom. The Morgan fingerprint density at radius 3 is 2.48 bits per heavy atom. The van der Waals surface area contributed by atoms with E-state index in [0.717, 1.165) is 19.4 Å². The number of hydrogen-bond acceptors (Lipinski definition) is 4. The summed E-state index contributed by atoms with van der Waals surface area (Å²) in [6, 6.07) is 4.38. The second kappa shape index (κ2) is 11.3. The molecule has 0 bridgehead atoms. The van der Waals surface area contributed by atoms with Crippen molar-refractivity contribution in [1.82, 2.24) is 0 Å². The number of methoxy groups -OCH3 is 1. The van der Waals surface area contributed by atoms with E-state index in [1.165, 1.54) is 32.1 Å². The number of nitrogens with zero attached hydrogens (tertiary/aromatic N) is 1. The van der Waals surface area contributed by atoms with Crippen LogP contribution in [-0.4, -0.2) is 48.5 Å². The van der Waals surface area contributed by atoms with Gasteiger partial charge in [-0.25, -0.2) is 9.37 Å². The lowest BCUT2D eigenvalue weighted by Crippen LogP contribution is -2.34. The number of aromatic hydroxyl groups is 1. The minimum absolute atomic E-state index is 0.0228. The zero-order valence-electron chi connectivity index (χ0n) is 20.5. The van der Waals surface area contributed by atoms with E-state index in [9.17, 15) is 14.7 Å². The van der Waals surface area contributed by atoms with E-state index in [2.05, 4.69) is 55.6 Å². The molecule has 1 atom stereocenters. The molecule has 174 valence electrons. The number of phenolic OH excluding ortho intramolecular Hbond substituents is 1. The van der Waals surface area contributed by atoms with Gasteiger partial charge in [0.15, 0.2) is 0 Å². The van der Waals surface area contributed by atoms with Crippen molar-refractivity contribution < 1.29 is 24.0 Å². The second-order valence-electron chi connectivity index (χ2n) is 10.1. The van der Waals surface area contributed by atoms with E-state index in [-0.39, 0.29) is 17.2 Å². The summed E-state index contributed by atoms with van der Waals surface area (Å²) in [5.74, 6) is -0.639. The van der Waals surface area contributed by atoms with E-state index in [4.69, 9.17) is 0 Å². The summed E-state index contributed by atoms with van der Waals surface area (Å²) in [6.45, 7) is 13.7. The number of esters is 1. The van der Waals surface area contributed by atoms with Crippen molar-refractivity contribution in [2.75, 3.05) is 26.0 Å². The maximum atomic E-state index is 12.9. The van der Waals surface area contributed by atoms with E-state index in [1.54, 1.807) is 6.07 Å². The highest BCUT2D eigenvalue weighted by atomic mass is 16.5. The van der Waals surface area contributed by atoms with E-state index in [1.807, 2.05) is 13.8 Å². The van der Waals surface area contributed by atoms with Gasteiger partial charge in [-0.1, -0.05) is 48.0 Å². The number of phenols is 1. The number of ether oxygens (including phenoxy) is 1. The first-order chi connectivity index (χ1) is 14.3. The van der Waals surface area contributed by atoms with Crippen LogP contribution in [0.25, 0.3) is 0 Å². The number of benzene rings is 1. The topological polar surface area (TPSA) is 78.6 Å². The molecule has 0 aromatic heterocycles. The summed E-state index contributed by atoms with van der Waals surface area (Å²) in [5, 5.41) is 12.7. The molecule has 0 heterocycles. The highest BCUT2D eigenvalue weighted by Crippen LogP contribution is 2.29. The van der Waals surface area contributed by atoms with Crippen LogP contribution >= 0.6 is 0 Å². The van der Waals surface area contributed by atoms with Gasteiger partial charge >= 0.3 is 5.97 Å². The Bertz CT molecular complexity index is 797. The first kappa shape index (κ1) is 26.7. The normalized spacial score (nSPS) is 13.6. The van der Waals surface area contributed by atoms with Crippen LogP contribution < -0.4 is 5.32 Å². The molecular formula is C25H41N2O4+. The van der Waals surface area contributed by atoms with Crippen LogP contribution in [0, 0.1) is 16.7 Å². The van der Waals surface area contributed by atoms with Gasteiger partial charge in [0.2, 0.25) is 5.91 Å². The average Bonchev–Trinajstić information content (AvgIpc) is 2.66.